The molecule has 3 aromatic carbocycles. The number of nitrogens with zero attached hydrogens (tertiary/aromatic N) is 6. The van der Waals surface area contributed by atoms with Crippen LogP contribution in [0.15, 0.2) is 97.3 Å². The predicted octanol–water partition coefficient (Wildman–Crippen LogP) is 7.25. The standard InChI is InChI=1S/C53H66Cl2N8O7/c1-35(57-30-38-15-20-41(55)28-46(38)69-43-21-16-37(17-22-43)45-31-58-47(61(45)7)32-60(5)6)49(66)59-44(33-64)51(68)62(8)53(29-36-13-18-40(54)19-14-36)23-11-25-63(34-53)50(67)39(26-42-12-9-10-24-56-42)27-48(65)70-52(2,3)4/h9-10,12-22,24,28,31,35,39,44,57,64H,11,23,25-27,29-30,32-34H2,1-8H3,(H,59,66)/t35-,39+,44-,53+/m0/s1. The number of hydrogen-bond donors (Lipinski definition) is 3. The number of piperidine rings is 1. The maximum atomic E-state index is 14.6. The van der Waals surface area contributed by atoms with Crippen molar-refractivity contribution in [2.75, 3.05) is 40.8 Å². The second kappa shape index (κ2) is 23.8. The summed E-state index contributed by atoms with van der Waals surface area (Å²) in [4.78, 5) is 70.6. The molecule has 0 aliphatic carbocycles. The Morgan fingerprint density at radius 3 is 2.31 bits per heavy atom. The highest BCUT2D eigenvalue weighted by atomic mass is 35.5. The van der Waals surface area contributed by atoms with Gasteiger partial charge >= 0.3 is 5.97 Å². The monoisotopic (exact) mass is 996 g/mol. The van der Waals surface area contributed by atoms with Gasteiger partial charge in [0.25, 0.3) is 0 Å². The van der Waals surface area contributed by atoms with Gasteiger partial charge in [-0.15, -0.1) is 0 Å². The summed E-state index contributed by atoms with van der Waals surface area (Å²) < 4.78 is 14.0. The van der Waals surface area contributed by atoms with E-state index in [2.05, 4.69) is 30.1 Å². The van der Waals surface area contributed by atoms with E-state index in [-0.39, 0.29) is 31.8 Å². The molecule has 3 N–H and O–H groups in total. The van der Waals surface area contributed by atoms with Gasteiger partial charge in [-0.1, -0.05) is 47.5 Å². The lowest BCUT2D eigenvalue weighted by Gasteiger charge is -2.49. The van der Waals surface area contributed by atoms with Gasteiger partial charge in [-0.3, -0.25) is 24.2 Å². The fourth-order valence-corrected chi connectivity index (χ4v) is 9.01. The van der Waals surface area contributed by atoms with E-state index < -0.39 is 53.5 Å². The molecule has 70 heavy (non-hydrogen) atoms. The first kappa shape index (κ1) is 53.5. The SMILES string of the molecule is C[C@H](NCc1ccc(Cl)cc1Oc1ccc(-c2cnc(CN(C)C)n2C)cc1)C(=O)N[C@@H](CO)C(=O)N(C)[C@@]1(Cc2ccc(Cl)cc2)CCCN(C(=O)[C@@H](CC(=O)OC(C)(C)C)Cc2ccccn2)C1. The topological polar surface area (TPSA) is 171 Å². The highest BCUT2D eigenvalue weighted by Crippen LogP contribution is 2.34. The number of hydrogen-bond acceptors (Lipinski definition) is 11. The number of imidazole rings is 1. The number of esters is 1. The molecule has 1 fully saturated rings. The average Bonchev–Trinajstić information content (AvgIpc) is 3.68. The lowest BCUT2D eigenvalue weighted by Crippen LogP contribution is -2.65. The number of rotatable bonds is 20. The predicted molar refractivity (Wildman–Crippen MR) is 271 cm³/mol. The van der Waals surface area contributed by atoms with E-state index in [1.165, 1.54) is 0 Å². The second-order valence-corrected chi connectivity index (χ2v) is 20.3. The summed E-state index contributed by atoms with van der Waals surface area (Å²) in [6.07, 6.45) is 4.97. The van der Waals surface area contributed by atoms with Crippen LogP contribution in [-0.2, 0) is 56.9 Å². The molecule has 3 heterocycles. The third kappa shape index (κ3) is 14.4. The lowest BCUT2D eigenvalue weighted by molar-refractivity contribution is -0.159. The highest BCUT2D eigenvalue weighted by molar-refractivity contribution is 6.31. The first-order valence-corrected chi connectivity index (χ1v) is 24.3. The number of carbonyl (C=O) groups is 4. The summed E-state index contributed by atoms with van der Waals surface area (Å²) in [5.74, 6) is -0.534. The Balaban J connectivity index is 1.15. The molecule has 0 radical (unpaired) electrons. The van der Waals surface area contributed by atoms with Crippen molar-refractivity contribution in [3.63, 3.8) is 0 Å². The molecule has 0 unspecified atom stereocenters. The number of benzene rings is 3. The van der Waals surface area contributed by atoms with Gasteiger partial charge in [-0.25, -0.2) is 4.98 Å². The normalized spacial score (nSPS) is 16.3. The minimum atomic E-state index is -1.30. The van der Waals surface area contributed by atoms with E-state index >= 15 is 0 Å². The van der Waals surface area contributed by atoms with Crippen LogP contribution in [0.1, 0.15) is 69.6 Å². The zero-order chi connectivity index (χ0) is 50.8. The van der Waals surface area contributed by atoms with Crippen molar-refractivity contribution in [3.05, 3.63) is 130 Å². The maximum Gasteiger partial charge on any atom is 0.307 e. The Morgan fingerprint density at radius 1 is 0.943 bits per heavy atom. The molecule has 17 heteroatoms. The largest absolute Gasteiger partial charge is 0.460 e. The van der Waals surface area contributed by atoms with Crippen LogP contribution >= 0.6 is 23.2 Å². The number of likely N-dealkylation sites (tertiary alicyclic amines) is 1. The van der Waals surface area contributed by atoms with E-state index in [9.17, 15) is 24.3 Å². The number of carbonyl (C=O) groups excluding carboxylic acids is 4. The van der Waals surface area contributed by atoms with E-state index in [1.54, 1.807) is 81.1 Å². The Labute approximate surface area is 421 Å². The van der Waals surface area contributed by atoms with Gasteiger partial charge in [0.15, 0.2) is 0 Å². The van der Waals surface area contributed by atoms with Crippen LogP contribution in [0.25, 0.3) is 11.3 Å². The van der Waals surface area contributed by atoms with Gasteiger partial charge in [-0.05, 0) is 127 Å². The van der Waals surface area contributed by atoms with Gasteiger partial charge in [-0.2, -0.15) is 0 Å². The van der Waals surface area contributed by atoms with Gasteiger partial charge in [0, 0.05) is 73.2 Å². The maximum absolute atomic E-state index is 14.6. The van der Waals surface area contributed by atoms with Gasteiger partial charge in [0.2, 0.25) is 17.7 Å². The Bertz CT molecular complexity index is 2570. The molecular formula is C53H66Cl2N8O7. The van der Waals surface area contributed by atoms with Crippen molar-refractivity contribution in [3.8, 4) is 22.8 Å². The number of nitrogens with one attached hydrogen (secondary N) is 2. The van der Waals surface area contributed by atoms with E-state index in [0.717, 1.165) is 28.2 Å². The molecule has 6 rings (SSSR count). The molecule has 0 bridgehead atoms. The number of aliphatic hydroxyl groups is 1. The van der Waals surface area contributed by atoms with Crippen LogP contribution in [0.4, 0.5) is 0 Å². The third-order valence-electron chi connectivity index (χ3n) is 12.5. The highest BCUT2D eigenvalue weighted by Gasteiger charge is 2.45. The first-order valence-electron chi connectivity index (χ1n) is 23.5. The van der Waals surface area contributed by atoms with Crippen molar-refractivity contribution in [1.29, 1.82) is 0 Å². The molecule has 0 saturated carbocycles. The first-order chi connectivity index (χ1) is 33.2. The van der Waals surface area contributed by atoms with Crippen molar-refractivity contribution in [2.24, 2.45) is 13.0 Å². The average molecular weight is 998 g/mol. The van der Waals surface area contributed by atoms with Crippen LogP contribution in [0, 0.1) is 5.92 Å². The summed E-state index contributed by atoms with van der Waals surface area (Å²) in [6.45, 7) is 7.80. The molecule has 3 amide bonds. The number of ether oxygens (including phenoxy) is 2. The Kier molecular flexibility index (Phi) is 18.2. The summed E-state index contributed by atoms with van der Waals surface area (Å²) in [7, 11) is 7.64. The number of pyridine rings is 1. The van der Waals surface area contributed by atoms with Crippen molar-refractivity contribution in [2.45, 2.75) is 96.1 Å². The molecular weight excluding hydrogens is 932 g/mol. The zero-order valence-corrected chi connectivity index (χ0v) is 42.9. The Hall–Kier alpha value is -5.84. The van der Waals surface area contributed by atoms with E-state index in [1.807, 2.05) is 81.9 Å². The van der Waals surface area contributed by atoms with Gasteiger partial charge in [0.1, 0.15) is 29.0 Å². The second-order valence-electron chi connectivity index (χ2n) is 19.4. The van der Waals surface area contributed by atoms with Crippen molar-refractivity contribution < 1.29 is 33.8 Å². The van der Waals surface area contributed by atoms with Crippen molar-refractivity contribution in [1.82, 2.24) is 39.9 Å². The van der Waals surface area contributed by atoms with E-state index in [4.69, 9.17) is 32.7 Å². The molecule has 1 aliphatic heterocycles. The number of likely N-dealkylation sites (N-methyl/N-ethyl adjacent to an activating group) is 1. The van der Waals surface area contributed by atoms with Crippen LogP contribution in [-0.4, -0.2) is 122 Å². The fourth-order valence-electron chi connectivity index (χ4n) is 8.72. The van der Waals surface area contributed by atoms with Gasteiger partial charge in [0.05, 0.1) is 49.0 Å². The number of aliphatic hydroxyl groups excluding tert-OH is 1. The molecule has 374 valence electrons. The van der Waals surface area contributed by atoms with Crippen LogP contribution in [0.2, 0.25) is 10.0 Å². The number of halogens is 2. The van der Waals surface area contributed by atoms with E-state index in [0.29, 0.717) is 59.6 Å². The van der Waals surface area contributed by atoms with Gasteiger partial charge < -0.3 is 44.5 Å². The molecule has 4 atom stereocenters. The van der Waals surface area contributed by atoms with Crippen LogP contribution < -0.4 is 15.4 Å². The van der Waals surface area contributed by atoms with Crippen molar-refractivity contribution >= 4 is 46.9 Å². The summed E-state index contributed by atoms with van der Waals surface area (Å²) in [5, 5.41) is 17.7. The Morgan fingerprint density at radius 2 is 1.66 bits per heavy atom. The fraction of sp³-hybridized carbons (Fsp3) is 0.434. The van der Waals surface area contributed by atoms with Crippen LogP contribution in [0.5, 0.6) is 11.5 Å². The smallest absolute Gasteiger partial charge is 0.307 e. The molecule has 2 aromatic heterocycles. The molecule has 15 nitrogen and oxygen atoms in total. The zero-order valence-electron chi connectivity index (χ0n) is 41.4. The quantitative estimate of drug-likeness (QED) is 0.0672. The lowest BCUT2D eigenvalue weighted by atomic mass is 9.80. The third-order valence-corrected chi connectivity index (χ3v) is 12.9. The number of aromatic nitrogens is 3. The molecule has 1 saturated heterocycles. The molecule has 5 aromatic rings. The number of amides is 3. The molecule has 0 spiro atoms. The minimum Gasteiger partial charge on any atom is -0.460 e. The summed E-state index contributed by atoms with van der Waals surface area (Å²) in [6, 6.07) is 23.6. The summed E-state index contributed by atoms with van der Waals surface area (Å²) >= 11 is 12.7. The molecule has 1 aliphatic rings. The summed E-state index contributed by atoms with van der Waals surface area (Å²) in [5.41, 5.74) is 2.51. The van der Waals surface area contributed by atoms with Crippen LogP contribution in [0.3, 0.4) is 0 Å². The minimum absolute atomic E-state index is 0.131.